The average molecular weight is 514 g/mol. The van der Waals surface area contributed by atoms with Crippen LogP contribution in [-0.2, 0) is 20.9 Å². The Hall–Kier alpha value is -4.97. The van der Waals surface area contributed by atoms with Gasteiger partial charge in [-0.3, -0.25) is 0 Å². The number of nitrogens with one attached hydrogen (secondary N) is 2. The van der Waals surface area contributed by atoms with Crippen LogP contribution in [0.5, 0.6) is 11.5 Å². The van der Waals surface area contributed by atoms with E-state index in [1.807, 2.05) is 0 Å². The zero-order valence-corrected chi connectivity index (χ0v) is 20.9. The van der Waals surface area contributed by atoms with E-state index in [0.29, 0.717) is 52.5 Å². The summed E-state index contributed by atoms with van der Waals surface area (Å²) in [5.41, 5.74) is 3.18. The van der Waals surface area contributed by atoms with Gasteiger partial charge in [-0.1, -0.05) is 37.4 Å². The standard InChI is InChI=1S/C29H27N3O6/c1-4-20(23(5-2)35-3)9-11-22-26(28(33)36-16-19-8-6-7-18(13-19)15-30)27(32-29(34)31-22)21-10-12-24-25(14-21)38-17-37-24/h4-8,10,12-14,27H,1-2,9,11,16-17H2,3H3,(H2,31,32,34)/b23-20-. The van der Waals surface area contributed by atoms with Crippen LogP contribution in [0.25, 0.3) is 0 Å². The Morgan fingerprint density at radius 3 is 2.74 bits per heavy atom. The number of methoxy groups -OCH3 is 1. The van der Waals surface area contributed by atoms with Crippen LogP contribution in [0.4, 0.5) is 4.79 Å². The lowest BCUT2D eigenvalue weighted by atomic mass is 9.92. The first-order chi connectivity index (χ1) is 18.5. The summed E-state index contributed by atoms with van der Waals surface area (Å²) in [6, 6.07) is 12.9. The first kappa shape index (κ1) is 26.1. The van der Waals surface area contributed by atoms with Crippen molar-refractivity contribution in [3.63, 3.8) is 0 Å². The Morgan fingerprint density at radius 1 is 1.18 bits per heavy atom. The zero-order chi connectivity index (χ0) is 27.1. The summed E-state index contributed by atoms with van der Waals surface area (Å²) >= 11 is 0. The molecule has 1 unspecified atom stereocenters. The van der Waals surface area contributed by atoms with E-state index < -0.39 is 18.0 Å². The summed E-state index contributed by atoms with van der Waals surface area (Å²) in [4.78, 5) is 26.3. The maximum absolute atomic E-state index is 13.6. The Labute approximate surface area is 220 Å². The van der Waals surface area contributed by atoms with E-state index in [4.69, 9.17) is 18.9 Å². The van der Waals surface area contributed by atoms with Crippen LogP contribution in [0.3, 0.4) is 0 Å². The van der Waals surface area contributed by atoms with Crippen molar-refractivity contribution in [3.05, 3.63) is 107 Å². The highest BCUT2D eigenvalue weighted by Gasteiger charge is 2.34. The lowest BCUT2D eigenvalue weighted by molar-refractivity contribution is -0.140. The number of allylic oxidation sites excluding steroid dienone is 4. The molecular weight excluding hydrogens is 486 g/mol. The number of carbonyl (C=O) groups is 2. The predicted molar refractivity (Wildman–Crippen MR) is 139 cm³/mol. The second-order valence-electron chi connectivity index (χ2n) is 8.43. The Balaban J connectivity index is 1.69. The van der Waals surface area contributed by atoms with Crippen molar-refractivity contribution in [1.82, 2.24) is 10.6 Å². The van der Waals surface area contributed by atoms with E-state index in [9.17, 15) is 14.9 Å². The number of esters is 1. The number of hydrogen-bond acceptors (Lipinski definition) is 7. The van der Waals surface area contributed by atoms with Gasteiger partial charge in [0.25, 0.3) is 0 Å². The number of hydrogen-bond donors (Lipinski definition) is 2. The molecule has 9 nitrogen and oxygen atoms in total. The van der Waals surface area contributed by atoms with Crippen LogP contribution in [0.15, 0.2) is 90.4 Å². The highest BCUT2D eigenvalue weighted by atomic mass is 16.7. The summed E-state index contributed by atoms with van der Waals surface area (Å²) in [6.07, 6.45) is 3.94. The van der Waals surface area contributed by atoms with Gasteiger partial charge >= 0.3 is 12.0 Å². The largest absolute Gasteiger partial charge is 0.497 e. The highest BCUT2D eigenvalue weighted by molar-refractivity contribution is 5.95. The van der Waals surface area contributed by atoms with Crippen molar-refractivity contribution in [2.75, 3.05) is 13.9 Å². The van der Waals surface area contributed by atoms with Gasteiger partial charge < -0.3 is 29.6 Å². The molecule has 2 heterocycles. The number of nitriles is 1. The molecule has 2 N–H and O–H groups in total. The lowest BCUT2D eigenvalue weighted by Gasteiger charge is -2.29. The van der Waals surface area contributed by atoms with Crippen molar-refractivity contribution < 1.29 is 28.5 Å². The third-order valence-electron chi connectivity index (χ3n) is 6.14. The van der Waals surface area contributed by atoms with Crippen molar-refractivity contribution in [1.29, 1.82) is 5.26 Å². The van der Waals surface area contributed by atoms with Crippen molar-refractivity contribution >= 4 is 12.0 Å². The molecule has 0 spiro atoms. The number of rotatable bonds is 10. The summed E-state index contributed by atoms with van der Waals surface area (Å²) in [6.45, 7) is 7.65. The number of urea groups is 1. The first-order valence-electron chi connectivity index (χ1n) is 11.9. The molecule has 0 saturated heterocycles. The minimum Gasteiger partial charge on any atom is -0.497 e. The van der Waals surface area contributed by atoms with Crippen LogP contribution < -0.4 is 20.1 Å². The minimum atomic E-state index is -0.802. The second-order valence-corrected chi connectivity index (χ2v) is 8.43. The maximum Gasteiger partial charge on any atom is 0.338 e. The normalized spacial score (nSPS) is 16.4. The Bertz CT molecular complexity index is 1380. The second kappa shape index (κ2) is 11.8. The zero-order valence-electron chi connectivity index (χ0n) is 20.9. The lowest BCUT2D eigenvalue weighted by Crippen LogP contribution is -2.46. The fourth-order valence-electron chi connectivity index (χ4n) is 4.29. The fourth-order valence-corrected chi connectivity index (χ4v) is 4.29. The molecular formula is C29H27N3O6. The van der Waals surface area contributed by atoms with Crippen LogP contribution in [0.2, 0.25) is 0 Å². The van der Waals surface area contributed by atoms with Gasteiger partial charge in [0.15, 0.2) is 11.5 Å². The summed E-state index contributed by atoms with van der Waals surface area (Å²) < 4.78 is 21.9. The molecule has 2 aliphatic rings. The molecule has 1 atom stereocenters. The summed E-state index contributed by atoms with van der Waals surface area (Å²) in [7, 11) is 1.53. The van der Waals surface area contributed by atoms with E-state index in [1.165, 1.54) is 7.11 Å². The van der Waals surface area contributed by atoms with Gasteiger partial charge in [-0.05, 0) is 59.9 Å². The highest BCUT2D eigenvalue weighted by Crippen LogP contribution is 2.38. The third kappa shape index (κ3) is 5.71. The molecule has 2 aromatic rings. The first-order valence-corrected chi connectivity index (χ1v) is 11.9. The van der Waals surface area contributed by atoms with Gasteiger partial charge in [0.2, 0.25) is 6.79 Å². The quantitative estimate of drug-likeness (QED) is 0.269. The van der Waals surface area contributed by atoms with Crippen molar-refractivity contribution in [2.24, 2.45) is 0 Å². The van der Waals surface area contributed by atoms with Gasteiger partial charge in [0.05, 0.1) is 30.4 Å². The summed E-state index contributed by atoms with van der Waals surface area (Å²) in [5, 5.41) is 14.8. The van der Waals surface area contributed by atoms with Gasteiger partial charge in [0.1, 0.15) is 12.4 Å². The molecule has 9 heteroatoms. The van der Waals surface area contributed by atoms with E-state index in [0.717, 1.165) is 5.57 Å². The van der Waals surface area contributed by atoms with Crippen LogP contribution in [0, 0.1) is 11.3 Å². The SMILES string of the molecule is C=C/C(CCC1=C(C(=O)OCc2cccc(C#N)c2)C(c2ccc3c(c2)OCO3)NC(=O)N1)=C(\C=C)OC. The number of carbonyl (C=O) groups excluding carboxylic acids is 2. The number of benzene rings is 2. The molecule has 0 fully saturated rings. The third-order valence-corrected chi connectivity index (χ3v) is 6.14. The summed E-state index contributed by atoms with van der Waals surface area (Å²) in [5.74, 6) is 1.04. The van der Waals surface area contributed by atoms with Crippen LogP contribution in [0.1, 0.15) is 35.6 Å². The molecule has 0 aromatic heterocycles. The Morgan fingerprint density at radius 2 is 2.00 bits per heavy atom. The number of nitrogens with zero attached hydrogens (tertiary/aromatic N) is 1. The van der Waals surface area contributed by atoms with Gasteiger partial charge in [0, 0.05) is 5.70 Å². The molecule has 2 aliphatic heterocycles. The van der Waals surface area contributed by atoms with E-state index in [-0.39, 0.29) is 19.0 Å². The fraction of sp³-hybridized carbons (Fsp3) is 0.207. The van der Waals surface area contributed by atoms with Gasteiger partial charge in [-0.2, -0.15) is 5.26 Å². The number of amides is 2. The van der Waals surface area contributed by atoms with Gasteiger partial charge in [-0.15, -0.1) is 0 Å². The molecule has 2 amide bonds. The maximum atomic E-state index is 13.6. The topological polar surface area (TPSA) is 119 Å². The molecule has 0 radical (unpaired) electrons. The molecule has 38 heavy (non-hydrogen) atoms. The number of fused-ring (bicyclic) bond motifs is 1. The molecule has 2 aromatic carbocycles. The molecule has 0 bridgehead atoms. The predicted octanol–water partition coefficient (Wildman–Crippen LogP) is 4.69. The molecule has 4 rings (SSSR count). The van der Waals surface area contributed by atoms with Crippen molar-refractivity contribution in [2.45, 2.75) is 25.5 Å². The van der Waals surface area contributed by atoms with E-state index >= 15 is 0 Å². The number of ether oxygens (including phenoxy) is 4. The van der Waals surface area contributed by atoms with Crippen molar-refractivity contribution in [3.8, 4) is 17.6 Å². The van der Waals surface area contributed by atoms with Crippen LogP contribution in [-0.4, -0.2) is 25.9 Å². The van der Waals surface area contributed by atoms with E-state index in [1.54, 1.807) is 54.6 Å². The monoisotopic (exact) mass is 513 g/mol. The molecule has 0 aliphatic carbocycles. The average Bonchev–Trinajstić information content (AvgIpc) is 3.42. The van der Waals surface area contributed by atoms with E-state index in [2.05, 4.69) is 29.9 Å². The smallest absolute Gasteiger partial charge is 0.338 e. The molecule has 0 saturated carbocycles. The molecule has 194 valence electrons. The van der Waals surface area contributed by atoms with Crippen LogP contribution >= 0.6 is 0 Å². The Kier molecular flexibility index (Phi) is 8.14. The minimum absolute atomic E-state index is 0.0466. The van der Waals surface area contributed by atoms with Gasteiger partial charge in [-0.25, -0.2) is 9.59 Å².